The van der Waals surface area contributed by atoms with Gasteiger partial charge in [0.25, 0.3) is 20.0 Å². The Hall–Kier alpha value is -8.34. The van der Waals surface area contributed by atoms with E-state index < -0.39 is 123 Å². The Morgan fingerprint density at radius 3 is 1.84 bits per heavy atom. The second-order valence-electron chi connectivity index (χ2n) is 16.9. The molecule has 88 heavy (non-hydrogen) atoms. The van der Waals surface area contributed by atoms with E-state index in [1.165, 1.54) is 72.2 Å². The van der Waals surface area contributed by atoms with Crippen LogP contribution in [0.3, 0.4) is 0 Å². The maximum absolute atomic E-state index is 12.6. The number of nitrogens with zero attached hydrogens (tertiary/aromatic N) is 9. The van der Waals surface area contributed by atoms with Crippen LogP contribution in [0.5, 0.6) is 17.8 Å². The Morgan fingerprint density at radius 2 is 1.36 bits per heavy atom. The molecule has 0 spiro atoms. The van der Waals surface area contributed by atoms with Crippen molar-refractivity contribution in [1.29, 1.82) is 0 Å². The summed E-state index contributed by atoms with van der Waals surface area (Å²) in [6.07, 6.45) is -8.89. The molecule has 0 saturated carbocycles. The first-order chi connectivity index (χ1) is 40.6. The van der Waals surface area contributed by atoms with Crippen LogP contribution in [0.15, 0.2) is 81.8 Å². The van der Waals surface area contributed by atoms with Crippen LogP contribution in [0.4, 0.5) is 59.3 Å². The molecular weight excluding hydrogens is 1320 g/mol. The number of halogens is 8. The fraction of sp³-hybridized carbons (Fsp3) is 0.318. The molecule has 44 heteroatoms. The lowest BCUT2D eigenvalue weighted by Gasteiger charge is -2.13. The summed E-state index contributed by atoms with van der Waals surface area (Å²) in [7, 11) is -12.1. The molecule has 10 N–H and O–H groups in total. The Labute approximate surface area is 504 Å². The van der Waals surface area contributed by atoms with Crippen LogP contribution in [0.2, 0.25) is 10.0 Å². The maximum atomic E-state index is 12.6. The number of carbonyl (C=O) groups is 3. The molecule has 0 fully saturated rings. The molecule has 2 atom stereocenters. The molecule has 482 valence electrons. The highest BCUT2D eigenvalue weighted by Gasteiger charge is 2.34. The number of carbonyl (C=O) groups excluding carboxylic acids is 2. The summed E-state index contributed by atoms with van der Waals surface area (Å²) in [5.41, 5.74) is 8.80. The third-order valence-corrected chi connectivity index (χ3v) is 16.5. The number of nitro groups is 1. The number of methoxy groups -OCH3 is 3. The van der Waals surface area contributed by atoms with E-state index in [0.29, 0.717) is 12.1 Å². The number of aromatic nitrogens is 8. The minimum atomic E-state index is -4.63. The van der Waals surface area contributed by atoms with E-state index in [1.54, 1.807) is 9.44 Å². The number of carboxylic acids is 1. The van der Waals surface area contributed by atoms with Gasteiger partial charge in [-0.25, -0.2) is 45.5 Å². The fourth-order valence-electron chi connectivity index (χ4n) is 6.20. The number of hydrogen-bond acceptors (Lipinski definition) is 24. The van der Waals surface area contributed by atoms with E-state index in [1.807, 2.05) is 0 Å². The number of rotatable bonds is 19. The number of aryl methyl sites for hydroxylation is 2. The second-order valence-corrected chi connectivity index (χ2v) is 25.8. The predicted octanol–water partition coefficient (Wildman–Crippen LogP) is 5.76. The van der Waals surface area contributed by atoms with Crippen LogP contribution in [-0.2, 0) is 51.8 Å². The molecule has 0 aliphatic heterocycles. The molecule has 0 bridgehead atoms. The summed E-state index contributed by atoms with van der Waals surface area (Å²) in [6, 6.07) is 6.52. The van der Waals surface area contributed by atoms with Crippen molar-refractivity contribution < 1.29 is 99.7 Å². The van der Waals surface area contributed by atoms with Crippen molar-refractivity contribution in [2.45, 2.75) is 66.3 Å². The van der Waals surface area contributed by atoms with Gasteiger partial charge in [0.2, 0.25) is 29.5 Å². The summed E-state index contributed by atoms with van der Waals surface area (Å²) in [6.45, 7) is 4.04. The van der Waals surface area contributed by atoms with E-state index in [4.69, 9.17) is 58.9 Å². The van der Waals surface area contributed by atoms with Crippen molar-refractivity contribution in [2.24, 2.45) is 5.73 Å². The van der Waals surface area contributed by atoms with E-state index in [-0.39, 0.29) is 75.1 Å². The number of nitrogens with two attached hydrogens (primary N) is 2. The monoisotopic (exact) mass is 1370 g/mol. The molecule has 0 aliphatic rings. The molecule has 4 heterocycles. The normalized spacial score (nSPS) is 12.5. The summed E-state index contributed by atoms with van der Waals surface area (Å²) >= 11 is 11.5. The largest absolute Gasteiger partial charge is 0.481 e. The van der Waals surface area contributed by atoms with Gasteiger partial charge in [-0.1, -0.05) is 48.3 Å². The Bertz CT molecular complexity index is 3870. The van der Waals surface area contributed by atoms with Crippen LogP contribution >= 0.6 is 30.6 Å². The van der Waals surface area contributed by atoms with Gasteiger partial charge in [0.05, 0.1) is 58.6 Å². The zero-order chi connectivity index (χ0) is 66.9. The molecule has 0 aliphatic carbocycles. The maximum Gasteiger partial charge on any atom is 0.416 e. The van der Waals surface area contributed by atoms with Crippen molar-refractivity contribution in [3.63, 3.8) is 0 Å². The fourth-order valence-corrected chi connectivity index (χ4v) is 11.3. The number of aliphatic carboxylic acids is 1. The van der Waals surface area contributed by atoms with E-state index in [2.05, 4.69) is 45.6 Å². The third-order valence-electron chi connectivity index (χ3n) is 10.3. The Kier molecular flexibility index (Phi) is 26.1. The number of carboxylic acid groups (broad SMARTS) is 1. The summed E-state index contributed by atoms with van der Waals surface area (Å²) in [5, 5.41) is 25.2. The number of pyridine rings is 1. The molecular formula is C44H50Cl2F6N15O17PS3. The molecule has 4 aromatic heterocycles. The standard InChI is InChI=1S/C15H16F3N5O4S.C14H17N5O7S2.C10H5Cl2F3N4O2.C5H12NO4P/c1-9-19-12(22-14(20-9)27-2)21-13(24)23-28(25,26)11-6-4-3-5-10(11)7-8-15(16,17)18;1-4-27(21,22)9-6-5-7-15-12(9)28(23,24)19-14(20)18-13-16-10(25-2)8-11(17-13)26-3;11-5-1-4(10(13,14)15)2-6(12)8(5)18-9(16)7(3-17-18)19(20)21;1-11(9,10)3-2-4(6)5(7)8/h3-6H,7-8H2,1-2H3,(H2,19,20,21,22,23,24);5-8H,4H2,1-3H3,(H2,16,17,18,19,20);1-3H,16H2;4H,2-3,6H2,1H3,(H,7,8)(H,9,10). The van der Waals surface area contributed by atoms with Gasteiger partial charge in [0.1, 0.15) is 28.6 Å². The number of sulfone groups is 1. The van der Waals surface area contributed by atoms with Gasteiger partial charge in [-0.3, -0.25) is 30.1 Å². The highest BCUT2D eigenvalue weighted by Crippen LogP contribution is 2.39. The number of amides is 4. The first-order valence-electron chi connectivity index (χ1n) is 23.6. The quantitative estimate of drug-likeness (QED) is 0.0207. The molecule has 0 saturated heterocycles. The average Bonchev–Trinajstić information content (AvgIpc) is 4.07. The number of benzene rings is 2. The number of sulfonamides is 2. The zero-order valence-corrected chi connectivity index (χ0v) is 50.7. The lowest BCUT2D eigenvalue weighted by molar-refractivity contribution is -0.383. The van der Waals surface area contributed by atoms with Gasteiger partial charge in [0.15, 0.2) is 22.2 Å². The van der Waals surface area contributed by atoms with Gasteiger partial charge in [-0.2, -0.15) is 64.8 Å². The molecule has 6 aromatic rings. The van der Waals surface area contributed by atoms with Crippen LogP contribution < -0.4 is 45.8 Å². The minimum absolute atomic E-state index is 0.0412. The van der Waals surface area contributed by atoms with Gasteiger partial charge in [0, 0.05) is 25.4 Å². The minimum Gasteiger partial charge on any atom is -0.481 e. The number of nitrogen functional groups attached to an aromatic ring is 1. The van der Waals surface area contributed by atoms with Crippen molar-refractivity contribution in [1.82, 2.24) is 49.1 Å². The van der Waals surface area contributed by atoms with Crippen LogP contribution in [0.1, 0.15) is 36.7 Å². The van der Waals surface area contributed by atoms with Gasteiger partial charge >= 0.3 is 42.1 Å². The van der Waals surface area contributed by atoms with Crippen LogP contribution in [-0.4, -0.2) is 150 Å². The number of alkyl halides is 6. The third kappa shape index (κ3) is 22.7. The zero-order valence-electron chi connectivity index (χ0n) is 45.9. The van der Waals surface area contributed by atoms with Gasteiger partial charge < -0.3 is 35.7 Å². The molecule has 4 amide bonds. The summed E-state index contributed by atoms with van der Waals surface area (Å²) < 4.78 is 179. The summed E-state index contributed by atoms with van der Waals surface area (Å²) in [4.78, 5) is 74.5. The predicted molar refractivity (Wildman–Crippen MR) is 298 cm³/mol. The van der Waals surface area contributed by atoms with Gasteiger partial charge in [-0.15, -0.1) is 0 Å². The van der Waals surface area contributed by atoms with Crippen LogP contribution in [0, 0.1) is 17.0 Å². The van der Waals surface area contributed by atoms with E-state index in [0.717, 1.165) is 29.2 Å². The van der Waals surface area contributed by atoms with Crippen molar-refractivity contribution >= 4 is 102 Å². The Balaban J connectivity index is 0.000000321. The summed E-state index contributed by atoms with van der Waals surface area (Å²) in [5.74, 6) is -2.11. The Morgan fingerprint density at radius 1 is 0.830 bits per heavy atom. The number of ether oxygens (including phenoxy) is 3. The second kappa shape index (κ2) is 31.0. The average molecular weight is 1370 g/mol. The lowest BCUT2D eigenvalue weighted by Crippen LogP contribution is -2.36. The SMILES string of the molecule is CCS(=O)(=O)c1cccnc1S(=O)(=O)NC(=O)Nc1nc(OC)cc(OC)n1.COc1nc(C)nc(NC(=O)NS(=O)(=O)c2ccccc2CCC(F)(F)F)n1.CP(=O)(O)CCC(N)C(=O)O.Nc1c([N+](=O)[O-])cnn1-c1c(Cl)cc(C(F)(F)F)cc1Cl. The van der Waals surface area contributed by atoms with E-state index >= 15 is 0 Å². The van der Waals surface area contributed by atoms with Gasteiger partial charge in [-0.05, 0) is 55.7 Å². The first kappa shape index (κ1) is 73.9. The smallest absolute Gasteiger partial charge is 0.416 e. The molecule has 2 aromatic carbocycles. The molecule has 32 nitrogen and oxygen atoms in total. The van der Waals surface area contributed by atoms with Crippen LogP contribution in [0.25, 0.3) is 5.69 Å². The molecule has 2 unspecified atom stereocenters. The lowest BCUT2D eigenvalue weighted by atomic mass is 10.1. The molecule has 0 radical (unpaired) electrons. The van der Waals surface area contributed by atoms with E-state index in [9.17, 15) is 80.7 Å². The van der Waals surface area contributed by atoms with Crippen molar-refractivity contribution in [2.75, 3.05) is 56.3 Å². The number of nitrogens with one attached hydrogen (secondary N) is 4. The first-order valence-corrected chi connectivity index (χ1v) is 31.3. The highest BCUT2D eigenvalue weighted by molar-refractivity contribution is 7.93. The number of hydrogen-bond donors (Lipinski definition) is 8. The molecule has 6 rings (SSSR count). The number of anilines is 3. The highest BCUT2D eigenvalue weighted by atomic mass is 35.5. The topological polar surface area (TPSA) is 477 Å². The van der Waals surface area contributed by atoms with Crippen molar-refractivity contribution in [3.05, 3.63) is 104 Å². The van der Waals surface area contributed by atoms with Crippen molar-refractivity contribution in [3.8, 4) is 23.5 Å². The number of urea groups is 2.